The number of methoxy groups -OCH3 is 1. The molecule has 0 spiro atoms. The van der Waals surface area contributed by atoms with E-state index in [2.05, 4.69) is 15.0 Å². The average molecular weight is 319 g/mol. The van der Waals surface area contributed by atoms with E-state index in [0.717, 1.165) is 24.1 Å². The highest BCUT2D eigenvalue weighted by Gasteiger charge is 2.19. The number of benzene rings is 1. The van der Waals surface area contributed by atoms with Gasteiger partial charge in [0.25, 0.3) is 0 Å². The Morgan fingerprint density at radius 2 is 2.25 bits per heavy atom. The lowest BCUT2D eigenvalue weighted by atomic mass is 10.1. The molecule has 0 saturated heterocycles. The molecule has 106 valence electrons. The highest BCUT2D eigenvalue weighted by atomic mass is 35.5. The molecule has 0 fully saturated rings. The summed E-state index contributed by atoms with van der Waals surface area (Å²) < 4.78 is 31.9. The lowest BCUT2D eigenvalue weighted by Crippen LogP contribution is -2.10. The van der Waals surface area contributed by atoms with Crippen LogP contribution in [0.3, 0.4) is 0 Å². The maximum Gasteiger partial charge on any atom is 0.340 e. The third-order valence-electron chi connectivity index (χ3n) is 2.46. The Kier molecular flexibility index (Phi) is 4.51. The zero-order chi connectivity index (χ0) is 14.7. The molecule has 0 aliphatic rings. The number of hydrogen-bond acceptors (Lipinski definition) is 5. The molecule has 2 aromatic rings. The van der Waals surface area contributed by atoms with Gasteiger partial charge < -0.3 is 10.1 Å². The van der Waals surface area contributed by atoms with Crippen LogP contribution in [0.2, 0.25) is 4.47 Å². The summed E-state index contributed by atoms with van der Waals surface area (Å²) in [7, 11) is 1.16. The molecule has 0 atom stereocenters. The molecular formula is C12H9ClF2N2O2S. The first-order valence-corrected chi connectivity index (χ1v) is 6.62. The molecule has 1 N–H and O–H groups in total. The van der Waals surface area contributed by atoms with Gasteiger partial charge in [0, 0.05) is 11.1 Å². The number of ether oxygens (including phenoxy) is 1. The Hall–Kier alpha value is -1.73. The number of thiazole rings is 1. The second-order valence-corrected chi connectivity index (χ2v) is 5.41. The summed E-state index contributed by atoms with van der Waals surface area (Å²) in [6.07, 6.45) is 1.51. The molecule has 0 unspecified atom stereocenters. The summed E-state index contributed by atoms with van der Waals surface area (Å²) in [6.45, 7) is 0.161. The van der Waals surface area contributed by atoms with Crippen molar-refractivity contribution < 1.29 is 18.3 Å². The molecule has 20 heavy (non-hydrogen) atoms. The van der Waals surface area contributed by atoms with Gasteiger partial charge in [0.15, 0.2) is 16.1 Å². The SMILES string of the molecule is COC(=O)c1ccc(F)c(F)c1NCc1cnc(Cl)s1. The molecule has 1 heterocycles. The van der Waals surface area contributed by atoms with E-state index in [0.29, 0.717) is 4.47 Å². The number of anilines is 1. The molecule has 0 bridgehead atoms. The third-order valence-corrected chi connectivity index (χ3v) is 3.58. The van der Waals surface area contributed by atoms with Crippen LogP contribution in [0, 0.1) is 11.6 Å². The van der Waals surface area contributed by atoms with Gasteiger partial charge in [-0.25, -0.2) is 18.6 Å². The molecular weight excluding hydrogens is 310 g/mol. The van der Waals surface area contributed by atoms with Crippen LogP contribution in [0.1, 0.15) is 15.2 Å². The highest BCUT2D eigenvalue weighted by molar-refractivity contribution is 7.15. The maximum atomic E-state index is 13.8. The fraction of sp³-hybridized carbons (Fsp3) is 0.167. The van der Waals surface area contributed by atoms with Gasteiger partial charge in [0.1, 0.15) is 0 Å². The zero-order valence-electron chi connectivity index (χ0n) is 10.2. The first kappa shape index (κ1) is 14.7. The topological polar surface area (TPSA) is 51.2 Å². The van der Waals surface area contributed by atoms with Gasteiger partial charge in [0.2, 0.25) is 0 Å². The number of carbonyl (C=O) groups excluding carboxylic acids is 1. The van der Waals surface area contributed by atoms with Gasteiger partial charge in [-0.3, -0.25) is 0 Å². The second-order valence-electron chi connectivity index (χ2n) is 3.71. The minimum atomic E-state index is -1.14. The van der Waals surface area contributed by atoms with E-state index in [1.165, 1.54) is 17.5 Å². The van der Waals surface area contributed by atoms with Gasteiger partial charge in [-0.15, -0.1) is 11.3 Å². The normalized spacial score (nSPS) is 10.4. The molecule has 0 aliphatic heterocycles. The first-order chi connectivity index (χ1) is 9.52. The molecule has 0 radical (unpaired) electrons. The van der Waals surface area contributed by atoms with E-state index < -0.39 is 17.6 Å². The Morgan fingerprint density at radius 3 is 2.85 bits per heavy atom. The summed E-state index contributed by atoms with van der Waals surface area (Å²) in [5, 5.41) is 2.66. The zero-order valence-corrected chi connectivity index (χ0v) is 11.8. The molecule has 0 amide bonds. The van der Waals surface area contributed by atoms with Crippen LogP contribution in [-0.2, 0) is 11.3 Å². The molecule has 8 heteroatoms. The number of carbonyl (C=O) groups is 1. The average Bonchev–Trinajstić information content (AvgIpc) is 2.85. The smallest absolute Gasteiger partial charge is 0.340 e. The second kappa shape index (κ2) is 6.15. The molecule has 2 rings (SSSR count). The van der Waals surface area contributed by atoms with E-state index in [1.54, 1.807) is 0 Å². The van der Waals surface area contributed by atoms with Crippen molar-refractivity contribution in [1.82, 2.24) is 4.98 Å². The number of nitrogens with one attached hydrogen (secondary N) is 1. The van der Waals surface area contributed by atoms with E-state index >= 15 is 0 Å². The maximum absolute atomic E-state index is 13.8. The van der Waals surface area contributed by atoms with Crippen molar-refractivity contribution in [2.24, 2.45) is 0 Å². The van der Waals surface area contributed by atoms with E-state index in [4.69, 9.17) is 11.6 Å². The monoisotopic (exact) mass is 318 g/mol. The molecule has 4 nitrogen and oxygen atoms in total. The lowest BCUT2D eigenvalue weighted by Gasteiger charge is -2.11. The van der Waals surface area contributed by atoms with Gasteiger partial charge in [-0.2, -0.15) is 0 Å². The Balaban J connectivity index is 2.29. The molecule has 1 aromatic heterocycles. The van der Waals surface area contributed by atoms with Crippen molar-refractivity contribution >= 4 is 34.6 Å². The fourth-order valence-corrected chi connectivity index (χ4v) is 2.46. The number of esters is 1. The Labute approximate surface area is 122 Å². The van der Waals surface area contributed by atoms with Gasteiger partial charge in [0.05, 0.1) is 24.9 Å². The summed E-state index contributed by atoms with van der Waals surface area (Å²) in [4.78, 5) is 16.1. The van der Waals surface area contributed by atoms with Crippen molar-refractivity contribution in [3.63, 3.8) is 0 Å². The summed E-state index contributed by atoms with van der Waals surface area (Å²) in [6, 6.07) is 2.03. The minimum absolute atomic E-state index is 0.0815. The fourth-order valence-electron chi connectivity index (χ4n) is 1.54. The summed E-state index contributed by atoms with van der Waals surface area (Å²) >= 11 is 6.87. The predicted molar refractivity (Wildman–Crippen MR) is 72.1 cm³/mol. The van der Waals surface area contributed by atoms with Crippen molar-refractivity contribution in [3.8, 4) is 0 Å². The van der Waals surface area contributed by atoms with Crippen LogP contribution in [-0.4, -0.2) is 18.1 Å². The van der Waals surface area contributed by atoms with Gasteiger partial charge in [-0.05, 0) is 12.1 Å². The van der Waals surface area contributed by atoms with E-state index in [9.17, 15) is 13.6 Å². The summed E-state index contributed by atoms with van der Waals surface area (Å²) in [5.74, 6) is -2.94. The lowest BCUT2D eigenvalue weighted by molar-refractivity contribution is 0.0601. The van der Waals surface area contributed by atoms with E-state index in [-0.39, 0.29) is 17.8 Å². The third kappa shape index (κ3) is 3.05. The molecule has 1 aromatic carbocycles. The number of rotatable bonds is 4. The van der Waals surface area contributed by atoms with E-state index in [1.807, 2.05) is 0 Å². The van der Waals surface area contributed by atoms with Crippen LogP contribution >= 0.6 is 22.9 Å². The highest BCUT2D eigenvalue weighted by Crippen LogP contribution is 2.25. The van der Waals surface area contributed by atoms with Crippen LogP contribution in [0.5, 0.6) is 0 Å². The van der Waals surface area contributed by atoms with Gasteiger partial charge >= 0.3 is 5.97 Å². The Morgan fingerprint density at radius 1 is 1.50 bits per heavy atom. The standard InChI is InChI=1S/C12H9ClF2N2O2S/c1-19-11(18)7-2-3-8(14)9(15)10(7)16-4-6-5-17-12(13)20-6/h2-3,5,16H,4H2,1H3. The van der Waals surface area contributed by atoms with Crippen LogP contribution in [0.4, 0.5) is 14.5 Å². The first-order valence-electron chi connectivity index (χ1n) is 5.43. The largest absolute Gasteiger partial charge is 0.465 e. The Bertz CT molecular complexity index is 648. The van der Waals surface area contributed by atoms with Crippen molar-refractivity contribution in [1.29, 1.82) is 0 Å². The quantitative estimate of drug-likeness (QED) is 0.877. The van der Waals surface area contributed by atoms with Gasteiger partial charge in [-0.1, -0.05) is 11.6 Å². The van der Waals surface area contributed by atoms with Crippen LogP contribution in [0.15, 0.2) is 18.3 Å². The van der Waals surface area contributed by atoms with Crippen LogP contribution in [0.25, 0.3) is 0 Å². The number of aromatic nitrogens is 1. The van der Waals surface area contributed by atoms with Crippen molar-refractivity contribution in [2.75, 3.05) is 12.4 Å². The number of hydrogen-bond donors (Lipinski definition) is 1. The molecule has 0 aliphatic carbocycles. The number of halogens is 3. The van der Waals surface area contributed by atoms with Crippen molar-refractivity contribution in [3.05, 3.63) is 44.9 Å². The minimum Gasteiger partial charge on any atom is -0.465 e. The predicted octanol–water partition coefficient (Wildman–Crippen LogP) is 3.47. The number of nitrogens with zero attached hydrogens (tertiary/aromatic N) is 1. The van der Waals surface area contributed by atoms with Crippen LogP contribution < -0.4 is 5.32 Å². The summed E-state index contributed by atoms with van der Waals surface area (Å²) in [5.41, 5.74) is -0.330. The van der Waals surface area contributed by atoms with Crippen molar-refractivity contribution in [2.45, 2.75) is 6.54 Å². The molecule has 0 saturated carbocycles.